The molecule has 1 aromatic carbocycles. The molecule has 2 aromatic rings. The summed E-state index contributed by atoms with van der Waals surface area (Å²) in [5.74, 6) is 0. The number of rotatable bonds is 2. The average Bonchev–Trinajstić information content (AvgIpc) is 2.55. The molecular weight excluding hydrogens is 184 g/mol. The number of fused-ring (bicyclic) bond motifs is 1. The molecule has 0 spiro atoms. The summed E-state index contributed by atoms with van der Waals surface area (Å²) in [5, 5.41) is 1.33. The topological polar surface area (TPSA) is 30.9 Å². The fourth-order valence-electron chi connectivity index (χ4n) is 2.04. The molecule has 0 aliphatic carbocycles. The van der Waals surface area contributed by atoms with Crippen molar-refractivity contribution >= 4 is 10.9 Å². The summed E-state index contributed by atoms with van der Waals surface area (Å²) in [6, 6.07) is 6.61. The molecule has 80 valence electrons. The molecule has 0 amide bonds. The zero-order valence-electron chi connectivity index (χ0n) is 9.62. The van der Waals surface area contributed by atoms with Crippen molar-refractivity contribution in [2.24, 2.45) is 5.73 Å². The van der Waals surface area contributed by atoms with Gasteiger partial charge in [0.1, 0.15) is 0 Å². The molecule has 15 heavy (non-hydrogen) atoms. The molecule has 1 unspecified atom stereocenters. The maximum atomic E-state index is 5.89. The maximum Gasteiger partial charge on any atom is 0.0486 e. The zero-order chi connectivity index (χ0) is 11.0. The van der Waals surface area contributed by atoms with Gasteiger partial charge in [-0.1, -0.05) is 12.1 Å². The van der Waals surface area contributed by atoms with E-state index in [1.54, 1.807) is 0 Å². The number of aromatic nitrogens is 1. The molecule has 0 bridgehead atoms. The van der Waals surface area contributed by atoms with Crippen LogP contribution in [0.4, 0.5) is 0 Å². The van der Waals surface area contributed by atoms with E-state index in [2.05, 4.69) is 42.8 Å². The summed E-state index contributed by atoms with van der Waals surface area (Å²) in [4.78, 5) is 0. The van der Waals surface area contributed by atoms with Gasteiger partial charge in [0, 0.05) is 29.7 Å². The molecule has 1 heterocycles. The number of benzene rings is 1. The van der Waals surface area contributed by atoms with Crippen molar-refractivity contribution in [3.05, 3.63) is 35.5 Å². The van der Waals surface area contributed by atoms with Crippen LogP contribution in [0.25, 0.3) is 10.9 Å². The van der Waals surface area contributed by atoms with E-state index >= 15 is 0 Å². The molecule has 1 atom stereocenters. The van der Waals surface area contributed by atoms with Crippen LogP contribution in [0.1, 0.15) is 31.0 Å². The predicted molar refractivity (Wildman–Crippen MR) is 65.0 cm³/mol. The lowest BCUT2D eigenvalue weighted by atomic mass is 10.1. The summed E-state index contributed by atoms with van der Waals surface area (Å²) in [6.45, 7) is 7.34. The lowest BCUT2D eigenvalue weighted by Gasteiger charge is -2.07. The highest BCUT2D eigenvalue weighted by atomic mass is 14.9. The van der Waals surface area contributed by atoms with Crippen LogP contribution in [0.2, 0.25) is 0 Å². The van der Waals surface area contributed by atoms with E-state index in [4.69, 9.17) is 5.73 Å². The normalized spacial score (nSPS) is 13.3. The van der Waals surface area contributed by atoms with Crippen LogP contribution in [0.5, 0.6) is 0 Å². The highest BCUT2D eigenvalue weighted by molar-refractivity contribution is 5.84. The van der Waals surface area contributed by atoms with E-state index in [0.717, 1.165) is 6.54 Å². The first kappa shape index (κ1) is 10.2. The Kier molecular flexibility index (Phi) is 2.53. The van der Waals surface area contributed by atoms with Crippen molar-refractivity contribution in [2.75, 3.05) is 0 Å². The minimum absolute atomic E-state index is 0.106. The Morgan fingerprint density at radius 2 is 2.13 bits per heavy atom. The van der Waals surface area contributed by atoms with Crippen molar-refractivity contribution in [3.63, 3.8) is 0 Å². The molecule has 2 nitrogen and oxygen atoms in total. The molecule has 0 radical (unpaired) electrons. The van der Waals surface area contributed by atoms with Crippen LogP contribution in [0.15, 0.2) is 24.4 Å². The van der Waals surface area contributed by atoms with Crippen LogP contribution >= 0.6 is 0 Å². The van der Waals surface area contributed by atoms with E-state index in [1.807, 2.05) is 6.92 Å². The third-order valence-electron chi connectivity index (χ3n) is 2.97. The van der Waals surface area contributed by atoms with Gasteiger partial charge >= 0.3 is 0 Å². The SMILES string of the molecule is CCn1cc(C)c2ccc(C(C)N)cc21. The monoisotopic (exact) mass is 202 g/mol. The molecule has 2 rings (SSSR count). The molecule has 1 aromatic heterocycles. The Hall–Kier alpha value is -1.28. The highest BCUT2D eigenvalue weighted by Crippen LogP contribution is 2.23. The highest BCUT2D eigenvalue weighted by Gasteiger charge is 2.06. The van der Waals surface area contributed by atoms with Gasteiger partial charge in [0.05, 0.1) is 0 Å². The minimum Gasteiger partial charge on any atom is -0.347 e. The Balaban J connectivity index is 2.68. The van der Waals surface area contributed by atoms with Crippen molar-refractivity contribution in [3.8, 4) is 0 Å². The standard InChI is InChI=1S/C13H18N2/c1-4-15-8-9(2)12-6-5-11(10(3)14)7-13(12)15/h5-8,10H,4,14H2,1-3H3. The molecule has 0 saturated heterocycles. The average molecular weight is 202 g/mol. The Bertz CT molecular complexity index is 480. The van der Waals surface area contributed by atoms with Gasteiger partial charge in [0.25, 0.3) is 0 Å². The molecule has 2 N–H and O–H groups in total. The number of nitrogens with two attached hydrogens (primary N) is 1. The van der Waals surface area contributed by atoms with Gasteiger partial charge in [-0.15, -0.1) is 0 Å². The summed E-state index contributed by atoms with van der Waals surface area (Å²) >= 11 is 0. The predicted octanol–water partition coefficient (Wildman–Crippen LogP) is 2.99. The van der Waals surface area contributed by atoms with Gasteiger partial charge in [0.15, 0.2) is 0 Å². The fraction of sp³-hybridized carbons (Fsp3) is 0.385. The Labute approximate surface area is 90.7 Å². The van der Waals surface area contributed by atoms with Crippen LogP contribution in [-0.4, -0.2) is 4.57 Å². The summed E-state index contributed by atoms with van der Waals surface area (Å²) < 4.78 is 2.27. The van der Waals surface area contributed by atoms with E-state index in [1.165, 1.54) is 22.0 Å². The van der Waals surface area contributed by atoms with Crippen molar-refractivity contribution in [2.45, 2.75) is 33.4 Å². The van der Waals surface area contributed by atoms with E-state index < -0.39 is 0 Å². The number of hydrogen-bond acceptors (Lipinski definition) is 1. The number of nitrogens with zero attached hydrogens (tertiary/aromatic N) is 1. The third kappa shape index (κ3) is 1.65. The third-order valence-corrected chi connectivity index (χ3v) is 2.97. The van der Waals surface area contributed by atoms with Crippen LogP contribution in [0.3, 0.4) is 0 Å². The van der Waals surface area contributed by atoms with E-state index in [9.17, 15) is 0 Å². The van der Waals surface area contributed by atoms with Crippen molar-refractivity contribution in [1.29, 1.82) is 0 Å². The van der Waals surface area contributed by atoms with Gasteiger partial charge in [-0.2, -0.15) is 0 Å². The first-order valence-electron chi connectivity index (χ1n) is 5.48. The number of aryl methyl sites for hydroxylation is 2. The zero-order valence-corrected chi connectivity index (χ0v) is 9.62. The minimum atomic E-state index is 0.106. The van der Waals surface area contributed by atoms with Gasteiger partial charge in [-0.25, -0.2) is 0 Å². The molecular formula is C13H18N2. The maximum absolute atomic E-state index is 5.89. The molecule has 2 heteroatoms. The second kappa shape index (κ2) is 3.70. The fourth-order valence-corrected chi connectivity index (χ4v) is 2.04. The largest absolute Gasteiger partial charge is 0.347 e. The van der Waals surface area contributed by atoms with Gasteiger partial charge in [-0.3, -0.25) is 0 Å². The summed E-state index contributed by atoms with van der Waals surface area (Å²) in [5.41, 5.74) is 9.73. The lowest BCUT2D eigenvalue weighted by molar-refractivity contribution is 0.788. The van der Waals surface area contributed by atoms with Gasteiger partial charge < -0.3 is 10.3 Å². The summed E-state index contributed by atoms with van der Waals surface area (Å²) in [6.07, 6.45) is 2.20. The molecule has 0 fully saturated rings. The molecule has 0 aliphatic rings. The Morgan fingerprint density at radius 3 is 2.73 bits per heavy atom. The Morgan fingerprint density at radius 1 is 1.40 bits per heavy atom. The summed E-state index contributed by atoms with van der Waals surface area (Å²) in [7, 11) is 0. The van der Waals surface area contributed by atoms with E-state index in [0.29, 0.717) is 0 Å². The van der Waals surface area contributed by atoms with Crippen molar-refractivity contribution < 1.29 is 0 Å². The first-order valence-corrected chi connectivity index (χ1v) is 5.48. The van der Waals surface area contributed by atoms with Gasteiger partial charge in [0.2, 0.25) is 0 Å². The van der Waals surface area contributed by atoms with E-state index in [-0.39, 0.29) is 6.04 Å². The smallest absolute Gasteiger partial charge is 0.0486 e. The quantitative estimate of drug-likeness (QED) is 0.797. The second-order valence-corrected chi connectivity index (χ2v) is 4.16. The van der Waals surface area contributed by atoms with Crippen LogP contribution in [-0.2, 0) is 6.54 Å². The molecule has 0 saturated carbocycles. The first-order chi connectivity index (χ1) is 7.13. The van der Waals surface area contributed by atoms with Crippen molar-refractivity contribution in [1.82, 2.24) is 4.57 Å². The molecule has 0 aliphatic heterocycles. The van der Waals surface area contributed by atoms with Crippen LogP contribution in [0, 0.1) is 6.92 Å². The number of hydrogen-bond donors (Lipinski definition) is 1. The lowest BCUT2D eigenvalue weighted by Crippen LogP contribution is -2.04. The van der Waals surface area contributed by atoms with Gasteiger partial charge in [-0.05, 0) is 38.0 Å². The second-order valence-electron chi connectivity index (χ2n) is 4.16. The van der Waals surface area contributed by atoms with Crippen LogP contribution < -0.4 is 5.73 Å².